The smallest absolute Gasteiger partial charge is 0.266 e. The first-order valence-electron chi connectivity index (χ1n) is 9.35. The van der Waals surface area contributed by atoms with Crippen molar-refractivity contribution in [2.24, 2.45) is 5.92 Å². The van der Waals surface area contributed by atoms with Gasteiger partial charge in [-0.3, -0.25) is 14.4 Å². The van der Waals surface area contributed by atoms with Crippen LogP contribution in [-0.2, 0) is 14.4 Å². The van der Waals surface area contributed by atoms with Crippen LogP contribution in [0, 0.1) is 5.92 Å². The number of thiophene rings is 1. The molecule has 3 aromatic rings. The van der Waals surface area contributed by atoms with E-state index >= 15 is 0 Å². The number of ether oxygens (including phenoxy) is 1. The highest BCUT2D eigenvalue weighted by Crippen LogP contribution is 2.48. The molecule has 2 aliphatic rings. The average Bonchev–Trinajstić information content (AvgIpc) is 3.47. The van der Waals surface area contributed by atoms with Gasteiger partial charge in [0.05, 0.1) is 18.5 Å². The summed E-state index contributed by atoms with van der Waals surface area (Å²) in [5.74, 6) is -0.633. The summed E-state index contributed by atoms with van der Waals surface area (Å²) >= 11 is 7.55. The molecule has 3 heterocycles. The zero-order valence-corrected chi connectivity index (χ0v) is 17.5. The van der Waals surface area contributed by atoms with Crippen LogP contribution < -0.4 is 14.7 Å². The third kappa shape index (κ3) is 2.98. The third-order valence-electron chi connectivity index (χ3n) is 5.36. The molecule has 8 heteroatoms. The van der Waals surface area contributed by atoms with E-state index in [1.165, 1.54) is 16.2 Å². The van der Waals surface area contributed by atoms with E-state index < -0.39 is 18.1 Å². The minimum absolute atomic E-state index is 0.273. The molecule has 2 aliphatic heterocycles. The molecule has 0 N–H and O–H groups in total. The summed E-state index contributed by atoms with van der Waals surface area (Å²) in [6, 6.07) is 17.5. The average molecular weight is 441 g/mol. The molecule has 0 bridgehead atoms. The number of methoxy groups -OCH3 is 1. The summed E-state index contributed by atoms with van der Waals surface area (Å²) < 4.78 is 5.17. The van der Waals surface area contributed by atoms with Crippen molar-refractivity contribution >= 4 is 46.1 Å². The van der Waals surface area contributed by atoms with Gasteiger partial charge < -0.3 is 4.74 Å². The first-order valence-corrected chi connectivity index (χ1v) is 10.6. The van der Waals surface area contributed by atoms with Crippen molar-refractivity contribution in [2.75, 3.05) is 17.1 Å². The Morgan fingerprint density at radius 2 is 1.67 bits per heavy atom. The molecule has 30 heavy (non-hydrogen) atoms. The number of halogens is 1. The number of hydrogen-bond donors (Lipinski definition) is 0. The number of amides is 2. The summed E-state index contributed by atoms with van der Waals surface area (Å²) in [4.78, 5) is 34.9. The second kappa shape index (κ2) is 7.43. The van der Waals surface area contributed by atoms with Crippen LogP contribution in [0.4, 0.5) is 11.4 Å². The molecule has 3 atom stereocenters. The molecule has 1 aromatic heterocycles. The van der Waals surface area contributed by atoms with E-state index in [9.17, 15) is 9.59 Å². The van der Waals surface area contributed by atoms with Crippen LogP contribution in [-0.4, -0.2) is 25.0 Å². The van der Waals surface area contributed by atoms with Crippen molar-refractivity contribution in [3.05, 3.63) is 75.9 Å². The predicted molar refractivity (Wildman–Crippen MR) is 115 cm³/mol. The highest BCUT2D eigenvalue weighted by molar-refractivity contribution is 7.10. The Kier molecular flexibility index (Phi) is 4.73. The standard InChI is InChI=1S/C22H17ClN2O4S/c1-28-16-10-8-14(9-11-16)24-21(26)18-19(17-3-2-12-30-17)25(29-20(18)22(24)27)15-6-4-13(23)5-7-15/h2-12,18-20H,1H3/t18-,19+,20-/m0/s1. The minimum Gasteiger partial charge on any atom is -0.497 e. The summed E-state index contributed by atoms with van der Waals surface area (Å²) in [6.07, 6.45) is -0.887. The molecule has 0 saturated carbocycles. The molecule has 0 aliphatic carbocycles. The Bertz CT molecular complexity index is 1090. The van der Waals surface area contributed by atoms with E-state index in [2.05, 4.69) is 0 Å². The third-order valence-corrected chi connectivity index (χ3v) is 6.56. The second-order valence-corrected chi connectivity index (χ2v) is 8.44. The Morgan fingerprint density at radius 3 is 2.30 bits per heavy atom. The number of carbonyl (C=O) groups is 2. The van der Waals surface area contributed by atoms with Gasteiger partial charge in [-0.05, 0) is 60.0 Å². The Morgan fingerprint density at radius 1 is 0.967 bits per heavy atom. The maximum atomic E-state index is 13.4. The van der Waals surface area contributed by atoms with Crippen LogP contribution in [0.15, 0.2) is 66.0 Å². The van der Waals surface area contributed by atoms with Gasteiger partial charge in [0, 0.05) is 9.90 Å². The van der Waals surface area contributed by atoms with Crippen molar-refractivity contribution in [1.29, 1.82) is 0 Å². The Labute approximate surface area is 182 Å². The predicted octanol–water partition coefficient (Wildman–Crippen LogP) is 4.46. The van der Waals surface area contributed by atoms with E-state index in [4.69, 9.17) is 21.2 Å². The van der Waals surface area contributed by atoms with Gasteiger partial charge in [-0.2, -0.15) is 0 Å². The van der Waals surface area contributed by atoms with Gasteiger partial charge in [-0.1, -0.05) is 17.7 Å². The summed E-state index contributed by atoms with van der Waals surface area (Å²) in [5.41, 5.74) is 1.25. The molecule has 0 unspecified atom stereocenters. The number of rotatable bonds is 4. The van der Waals surface area contributed by atoms with Crippen LogP contribution in [0.5, 0.6) is 5.75 Å². The van der Waals surface area contributed by atoms with Gasteiger partial charge in [0.2, 0.25) is 5.91 Å². The zero-order valence-electron chi connectivity index (χ0n) is 15.9. The topological polar surface area (TPSA) is 59.1 Å². The maximum Gasteiger partial charge on any atom is 0.266 e. The highest BCUT2D eigenvalue weighted by Gasteiger charge is 2.60. The van der Waals surface area contributed by atoms with Crippen LogP contribution in [0.1, 0.15) is 10.9 Å². The molecule has 152 valence electrons. The molecule has 2 fully saturated rings. The summed E-state index contributed by atoms with van der Waals surface area (Å²) in [6.45, 7) is 0. The van der Waals surface area contributed by atoms with E-state index in [1.54, 1.807) is 48.6 Å². The number of imide groups is 1. The number of carbonyl (C=O) groups excluding carboxylic acids is 2. The van der Waals surface area contributed by atoms with E-state index in [0.29, 0.717) is 16.5 Å². The minimum atomic E-state index is -0.887. The molecule has 2 saturated heterocycles. The molecule has 6 nitrogen and oxygen atoms in total. The molecule has 0 spiro atoms. The highest BCUT2D eigenvalue weighted by atomic mass is 35.5. The lowest BCUT2D eigenvalue weighted by molar-refractivity contribution is -0.126. The van der Waals surface area contributed by atoms with Crippen molar-refractivity contribution in [2.45, 2.75) is 12.1 Å². The first-order chi connectivity index (χ1) is 14.6. The van der Waals surface area contributed by atoms with E-state index in [0.717, 1.165) is 10.6 Å². The lowest BCUT2D eigenvalue weighted by Gasteiger charge is -2.27. The molecule has 2 amide bonds. The van der Waals surface area contributed by atoms with E-state index in [-0.39, 0.29) is 11.8 Å². The normalized spacial score (nSPS) is 23.2. The number of nitrogens with zero attached hydrogens (tertiary/aromatic N) is 2. The molecule has 2 aromatic carbocycles. The fraction of sp³-hybridized carbons (Fsp3) is 0.182. The quantitative estimate of drug-likeness (QED) is 0.560. The fourth-order valence-electron chi connectivity index (χ4n) is 3.96. The van der Waals surface area contributed by atoms with Crippen molar-refractivity contribution in [3.8, 4) is 5.75 Å². The largest absolute Gasteiger partial charge is 0.497 e. The Balaban J connectivity index is 1.53. The van der Waals surface area contributed by atoms with Crippen LogP contribution in [0.25, 0.3) is 0 Å². The lowest BCUT2D eigenvalue weighted by atomic mass is 9.95. The molecular weight excluding hydrogens is 424 g/mol. The maximum absolute atomic E-state index is 13.4. The summed E-state index contributed by atoms with van der Waals surface area (Å²) in [5, 5.41) is 4.22. The van der Waals surface area contributed by atoms with Gasteiger partial charge >= 0.3 is 0 Å². The van der Waals surface area contributed by atoms with Gasteiger partial charge in [0.1, 0.15) is 17.7 Å². The van der Waals surface area contributed by atoms with Crippen LogP contribution in [0.2, 0.25) is 5.02 Å². The van der Waals surface area contributed by atoms with Gasteiger partial charge in [0.25, 0.3) is 5.91 Å². The second-order valence-electron chi connectivity index (χ2n) is 7.02. The number of anilines is 2. The number of benzene rings is 2. The van der Waals surface area contributed by atoms with Gasteiger partial charge in [-0.15, -0.1) is 11.3 Å². The lowest BCUT2D eigenvalue weighted by Crippen LogP contribution is -2.37. The number of hydrogen-bond acceptors (Lipinski definition) is 6. The summed E-state index contributed by atoms with van der Waals surface area (Å²) in [7, 11) is 1.57. The Hall–Kier alpha value is -2.87. The molecule has 0 radical (unpaired) electrons. The van der Waals surface area contributed by atoms with Crippen LogP contribution >= 0.6 is 22.9 Å². The van der Waals surface area contributed by atoms with Crippen molar-refractivity contribution in [1.82, 2.24) is 0 Å². The van der Waals surface area contributed by atoms with E-state index in [1.807, 2.05) is 29.6 Å². The first kappa shape index (κ1) is 19.1. The number of fused-ring (bicyclic) bond motifs is 1. The monoisotopic (exact) mass is 440 g/mol. The SMILES string of the molecule is COc1ccc(N2C(=O)[C@@H]3[C@H](ON(c4ccc(Cl)cc4)[C@@H]3c3cccs3)C2=O)cc1. The van der Waals surface area contributed by atoms with Crippen molar-refractivity contribution < 1.29 is 19.2 Å². The van der Waals surface area contributed by atoms with Gasteiger partial charge in [-0.25, -0.2) is 9.96 Å². The fourth-order valence-corrected chi connectivity index (χ4v) is 4.94. The van der Waals surface area contributed by atoms with Crippen molar-refractivity contribution in [3.63, 3.8) is 0 Å². The molecule has 5 rings (SSSR count). The zero-order chi connectivity index (χ0) is 20.8. The van der Waals surface area contributed by atoms with Crippen LogP contribution in [0.3, 0.4) is 0 Å². The molecular formula is C22H17ClN2O4S. The van der Waals surface area contributed by atoms with Gasteiger partial charge in [0.15, 0.2) is 6.10 Å². The number of hydroxylamine groups is 1.